The second-order valence-electron chi connectivity index (χ2n) is 6.25. The Morgan fingerprint density at radius 1 is 0.880 bits per heavy atom. The molecule has 0 atom stereocenters. The molecule has 0 aliphatic carbocycles. The SMILES string of the molecule is CN(Cc1ccc(N(C)C)cc1)C(=O)CNC(=O)Cc1ccccc1. The summed E-state index contributed by atoms with van der Waals surface area (Å²) in [6.07, 6.45) is 0.282. The molecule has 1 N–H and O–H groups in total. The summed E-state index contributed by atoms with van der Waals surface area (Å²) in [7, 11) is 5.72. The first kappa shape index (κ1) is 18.5. The standard InChI is InChI=1S/C20H25N3O2/c1-22(2)18-11-9-17(10-12-18)15-23(3)20(25)14-21-19(24)13-16-7-5-4-6-8-16/h4-12H,13-15H2,1-3H3,(H,21,24). The minimum atomic E-state index is -0.150. The van der Waals surface area contributed by atoms with E-state index in [2.05, 4.69) is 5.32 Å². The molecule has 0 saturated heterocycles. The lowest BCUT2D eigenvalue weighted by molar-refractivity contribution is -0.132. The number of rotatable bonds is 7. The molecule has 0 fully saturated rings. The number of amides is 2. The molecule has 0 aliphatic rings. The molecule has 25 heavy (non-hydrogen) atoms. The number of likely N-dealkylation sites (N-methyl/N-ethyl adjacent to an activating group) is 1. The predicted molar refractivity (Wildman–Crippen MR) is 100 cm³/mol. The Labute approximate surface area is 149 Å². The van der Waals surface area contributed by atoms with E-state index in [0.717, 1.165) is 16.8 Å². The Kier molecular flexibility index (Phi) is 6.57. The van der Waals surface area contributed by atoms with Crippen molar-refractivity contribution in [2.75, 3.05) is 32.6 Å². The molecule has 0 aromatic heterocycles. The number of hydrogen-bond acceptors (Lipinski definition) is 3. The second kappa shape index (κ2) is 8.87. The molecule has 0 spiro atoms. The third-order valence-corrected chi connectivity index (χ3v) is 3.94. The van der Waals surface area contributed by atoms with Gasteiger partial charge in [-0.15, -0.1) is 0 Å². The lowest BCUT2D eigenvalue weighted by Gasteiger charge is -2.18. The van der Waals surface area contributed by atoms with Crippen LogP contribution < -0.4 is 10.2 Å². The topological polar surface area (TPSA) is 52.6 Å². The molecule has 0 bridgehead atoms. The molecule has 2 aromatic carbocycles. The number of benzene rings is 2. The molecule has 132 valence electrons. The quantitative estimate of drug-likeness (QED) is 0.840. The van der Waals surface area contributed by atoms with Gasteiger partial charge in [-0.1, -0.05) is 42.5 Å². The summed E-state index contributed by atoms with van der Waals surface area (Å²) in [5, 5.41) is 2.68. The van der Waals surface area contributed by atoms with E-state index in [0.29, 0.717) is 6.54 Å². The predicted octanol–water partition coefficient (Wildman–Crippen LogP) is 2.07. The molecule has 2 aromatic rings. The maximum atomic E-state index is 12.2. The normalized spacial score (nSPS) is 10.2. The van der Waals surface area contributed by atoms with Gasteiger partial charge in [-0.3, -0.25) is 9.59 Å². The lowest BCUT2D eigenvalue weighted by Crippen LogP contribution is -2.38. The van der Waals surface area contributed by atoms with Crippen molar-refractivity contribution in [3.8, 4) is 0 Å². The van der Waals surface area contributed by atoms with E-state index in [4.69, 9.17) is 0 Å². The van der Waals surface area contributed by atoms with Gasteiger partial charge < -0.3 is 15.1 Å². The number of nitrogens with zero attached hydrogens (tertiary/aromatic N) is 2. The molecule has 0 heterocycles. The Hall–Kier alpha value is -2.82. The fraction of sp³-hybridized carbons (Fsp3) is 0.300. The van der Waals surface area contributed by atoms with Crippen molar-refractivity contribution in [3.05, 3.63) is 65.7 Å². The monoisotopic (exact) mass is 339 g/mol. The fourth-order valence-corrected chi connectivity index (χ4v) is 2.41. The number of nitrogens with one attached hydrogen (secondary N) is 1. The summed E-state index contributed by atoms with van der Waals surface area (Å²) >= 11 is 0. The van der Waals surface area contributed by atoms with E-state index in [-0.39, 0.29) is 24.8 Å². The van der Waals surface area contributed by atoms with Crippen molar-refractivity contribution in [2.45, 2.75) is 13.0 Å². The van der Waals surface area contributed by atoms with Crippen LogP contribution in [0.15, 0.2) is 54.6 Å². The van der Waals surface area contributed by atoms with Gasteiger partial charge in [-0.2, -0.15) is 0 Å². The van der Waals surface area contributed by atoms with E-state index in [9.17, 15) is 9.59 Å². The average Bonchev–Trinajstić information content (AvgIpc) is 2.61. The average molecular weight is 339 g/mol. The minimum absolute atomic E-state index is 0.0119. The third-order valence-electron chi connectivity index (χ3n) is 3.94. The number of carbonyl (C=O) groups excluding carboxylic acids is 2. The summed E-state index contributed by atoms with van der Waals surface area (Å²) in [5.74, 6) is -0.263. The number of carbonyl (C=O) groups is 2. The highest BCUT2D eigenvalue weighted by atomic mass is 16.2. The first-order valence-electron chi connectivity index (χ1n) is 8.26. The smallest absolute Gasteiger partial charge is 0.242 e. The summed E-state index contributed by atoms with van der Waals surface area (Å²) < 4.78 is 0. The van der Waals surface area contributed by atoms with Crippen molar-refractivity contribution in [2.24, 2.45) is 0 Å². The summed E-state index contributed by atoms with van der Waals surface area (Å²) in [4.78, 5) is 27.7. The molecule has 5 heteroatoms. The van der Waals surface area contributed by atoms with Crippen LogP contribution in [0.2, 0.25) is 0 Å². The maximum absolute atomic E-state index is 12.2. The highest BCUT2D eigenvalue weighted by molar-refractivity contribution is 5.85. The Balaban J connectivity index is 1.78. The minimum Gasteiger partial charge on any atom is -0.378 e. The zero-order valence-electron chi connectivity index (χ0n) is 15.0. The van der Waals surface area contributed by atoms with Gasteiger partial charge in [0.05, 0.1) is 13.0 Å². The van der Waals surface area contributed by atoms with Gasteiger partial charge in [0.25, 0.3) is 0 Å². The molecule has 5 nitrogen and oxygen atoms in total. The van der Waals surface area contributed by atoms with Crippen LogP contribution in [0.5, 0.6) is 0 Å². The summed E-state index contributed by atoms with van der Waals surface area (Å²) in [5.41, 5.74) is 3.10. The zero-order chi connectivity index (χ0) is 18.2. The highest BCUT2D eigenvalue weighted by Crippen LogP contribution is 2.13. The van der Waals surface area contributed by atoms with Crippen LogP contribution in [0.1, 0.15) is 11.1 Å². The fourth-order valence-electron chi connectivity index (χ4n) is 2.41. The Morgan fingerprint density at radius 3 is 2.12 bits per heavy atom. The van der Waals surface area contributed by atoms with E-state index in [1.165, 1.54) is 0 Å². The largest absolute Gasteiger partial charge is 0.378 e. The number of hydrogen-bond donors (Lipinski definition) is 1. The summed E-state index contributed by atoms with van der Waals surface area (Å²) in [6.45, 7) is 0.527. The Morgan fingerprint density at radius 2 is 1.52 bits per heavy atom. The van der Waals surface area contributed by atoms with Crippen molar-refractivity contribution in [1.29, 1.82) is 0 Å². The Bertz CT molecular complexity index is 697. The molecule has 0 saturated carbocycles. The van der Waals surface area contributed by atoms with Gasteiger partial charge in [0.2, 0.25) is 11.8 Å². The first-order valence-corrected chi connectivity index (χ1v) is 8.26. The van der Waals surface area contributed by atoms with Crippen LogP contribution in [0.4, 0.5) is 5.69 Å². The first-order chi connectivity index (χ1) is 12.0. The molecule has 0 radical (unpaired) electrons. The van der Waals surface area contributed by atoms with Crippen LogP contribution >= 0.6 is 0 Å². The van der Waals surface area contributed by atoms with Gasteiger partial charge >= 0.3 is 0 Å². The van der Waals surface area contributed by atoms with E-state index in [1.807, 2.05) is 73.6 Å². The molecule has 2 amide bonds. The van der Waals surface area contributed by atoms with Gasteiger partial charge in [0, 0.05) is 33.4 Å². The molecule has 2 rings (SSSR count). The van der Waals surface area contributed by atoms with Crippen LogP contribution in [-0.4, -0.2) is 44.4 Å². The molecule has 0 aliphatic heterocycles. The van der Waals surface area contributed by atoms with Gasteiger partial charge in [0.15, 0.2) is 0 Å². The van der Waals surface area contributed by atoms with E-state index >= 15 is 0 Å². The van der Waals surface area contributed by atoms with Crippen molar-refractivity contribution < 1.29 is 9.59 Å². The lowest BCUT2D eigenvalue weighted by atomic mass is 10.1. The molecular weight excluding hydrogens is 314 g/mol. The second-order valence-corrected chi connectivity index (χ2v) is 6.25. The van der Waals surface area contributed by atoms with Crippen LogP contribution in [0.25, 0.3) is 0 Å². The third kappa shape index (κ3) is 5.95. The molecule has 0 unspecified atom stereocenters. The van der Waals surface area contributed by atoms with Crippen molar-refractivity contribution >= 4 is 17.5 Å². The molecular formula is C20H25N3O2. The van der Waals surface area contributed by atoms with Gasteiger partial charge in [0.1, 0.15) is 0 Å². The van der Waals surface area contributed by atoms with E-state index in [1.54, 1.807) is 11.9 Å². The number of anilines is 1. The van der Waals surface area contributed by atoms with Crippen molar-refractivity contribution in [1.82, 2.24) is 10.2 Å². The van der Waals surface area contributed by atoms with Crippen LogP contribution in [-0.2, 0) is 22.6 Å². The van der Waals surface area contributed by atoms with Crippen LogP contribution in [0, 0.1) is 0 Å². The highest BCUT2D eigenvalue weighted by Gasteiger charge is 2.11. The van der Waals surface area contributed by atoms with Gasteiger partial charge in [-0.05, 0) is 23.3 Å². The van der Waals surface area contributed by atoms with Crippen LogP contribution in [0.3, 0.4) is 0 Å². The van der Waals surface area contributed by atoms with E-state index < -0.39 is 0 Å². The zero-order valence-corrected chi connectivity index (χ0v) is 15.0. The van der Waals surface area contributed by atoms with Gasteiger partial charge in [-0.25, -0.2) is 0 Å². The summed E-state index contributed by atoms with van der Waals surface area (Å²) in [6, 6.07) is 17.5. The van der Waals surface area contributed by atoms with Crippen molar-refractivity contribution in [3.63, 3.8) is 0 Å². The maximum Gasteiger partial charge on any atom is 0.242 e.